The summed E-state index contributed by atoms with van der Waals surface area (Å²) in [6, 6.07) is 16.7. The summed E-state index contributed by atoms with van der Waals surface area (Å²) in [6.07, 6.45) is 4.37. The number of carbonyl (C=O) groups excluding carboxylic acids is 1. The molecule has 1 aromatic heterocycles. The molecule has 29 heavy (non-hydrogen) atoms. The molecule has 0 aliphatic heterocycles. The lowest BCUT2D eigenvalue weighted by atomic mass is 9.81. The fourth-order valence-corrected chi connectivity index (χ4v) is 4.11. The van der Waals surface area contributed by atoms with Gasteiger partial charge in [0.1, 0.15) is 0 Å². The van der Waals surface area contributed by atoms with Crippen LogP contribution < -0.4 is 10.7 Å². The first kappa shape index (κ1) is 18.9. The molecule has 148 valence electrons. The molecule has 0 bridgehead atoms. The van der Waals surface area contributed by atoms with Crippen molar-refractivity contribution in [2.24, 2.45) is 0 Å². The van der Waals surface area contributed by atoms with Crippen molar-refractivity contribution in [2.45, 2.75) is 31.7 Å². The summed E-state index contributed by atoms with van der Waals surface area (Å²) < 4.78 is 1.50. The molecular formula is C23H23N3O3. The maximum Gasteiger partial charge on any atom is 0.275 e. The van der Waals surface area contributed by atoms with E-state index in [1.54, 1.807) is 0 Å². The van der Waals surface area contributed by atoms with Crippen LogP contribution in [-0.2, 0) is 19.4 Å². The number of hydrogen-bond donors (Lipinski definition) is 2. The molecule has 0 spiro atoms. The van der Waals surface area contributed by atoms with E-state index < -0.39 is 17.1 Å². The number of benzene rings is 2. The maximum atomic E-state index is 12.1. The Kier molecular flexibility index (Phi) is 5.16. The monoisotopic (exact) mass is 389 g/mol. The summed E-state index contributed by atoms with van der Waals surface area (Å²) in [7, 11) is 1.43. The van der Waals surface area contributed by atoms with Crippen molar-refractivity contribution < 1.29 is 9.90 Å². The number of fused-ring (bicyclic) bond motifs is 2. The normalized spacial score (nSPS) is 13.7. The van der Waals surface area contributed by atoms with E-state index in [0.717, 1.165) is 19.3 Å². The molecule has 0 saturated carbocycles. The summed E-state index contributed by atoms with van der Waals surface area (Å²) in [5, 5.41) is 16.7. The minimum absolute atomic E-state index is 0.00496. The Hall–Kier alpha value is -3.41. The Morgan fingerprint density at radius 2 is 1.69 bits per heavy atom. The molecular weight excluding hydrogens is 366 g/mol. The van der Waals surface area contributed by atoms with E-state index in [2.05, 4.69) is 46.8 Å². The second kappa shape index (κ2) is 7.91. The van der Waals surface area contributed by atoms with Crippen molar-refractivity contribution in [1.82, 2.24) is 15.1 Å². The van der Waals surface area contributed by atoms with E-state index >= 15 is 0 Å². The summed E-state index contributed by atoms with van der Waals surface area (Å²) in [6.45, 7) is 0.409. The summed E-state index contributed by atoms with van der Waals surface area (Å²) in [5.41, 5.74) is 3.94. The molecule has 4 rings (SSSR count). The van der Waals surface area contributed by atoms with Gasteiger partial charge in [0.05, 0.1) is 12.7 Å². The topological polar surface area (TPSA) is 84.2 Å². The van der Waals surface area contributed by atoms with Gasteiger partial charge in [-0.15, -0.1) is 0 Å². The Balaban J connectivity index is 1.84. The molecule has 1 amide bonds. The van der Waals surface area contributed by atoms with Crippen LogP contribution in [0.2, 0.25) is 0 Å². The SMILES string of the molecule is CNC(=O)c1nn(CC2c3ccccc3CCCc3ccccc32)cc(O)c1=O. The van der Waals surface area contributed by atoms with Gasteiger partial charge in [0, 0.05) is 13.0 Å². The number of nitrogens with zero attached hydrogens (tertiary/aromatic N) is 2. The van der Waals surface area contributed by atoms with Gasteiger partial charge in [-0.25, -0.2) is 0 Å². The summed E-state index contributed by atoms with van der Waals surface area (Å²) in [4.78, 5) is 24.2. The van der Waals surface area contributed by atoms with Crippen molar-refractivity contribution in [3.8, 4) is 5.75 Å². The molecule has 3 aromatic rings. The van der Waals surface area contributed by atoms with Crippen LogP contribution >= 0.6 is 0 Å². The van der Waals surface area contributed by atoms with Gasteiger partial charge in [-0.05, 0) is 41.5 Å². The van der Waals surface area contributed by atoms with Gasteiger partial charge in [-0.3, -0.25) is 14.3 Å². The van der Waals surface area contributed by atoms with Gasteiger partial charge in [0.25, 0.3) is 11.3 Å². The van der Waals surface area contributed by atoms with Gasteiger partial charge in [0.15, 0.2) is 11.4 Å². The minimum Gasteiger partial charge on any atom is -0.503 e. The van der Waals surface area contributed by atoms with Crippen LogP contribution in [0.25, 0.3) is 0 Å². The van der Waals surface area contributed by atoms with Crippen LogP contribution in [0.4, 0.5) is 0 Å². The molecule has 1 aliphatic carbocycles. The van der Waals surface area contributed by atoms with Crippen LogP contribution in [0, 0.1) is 0 Å². The highest BCUT2D eigenvalue weighted by molar-refractivity contribution is 5.92. The molecule has 6 heteroatoms. The quantitative estimate of drug-likeness (QED) is 0.721. The molecule has 6 nitrogen and oxygen atoms in total. The smallest absolute Gasteiger partial charge is 0.275 e. The van der Waals surface area contributed by atoms with Gasteiger partial charge in [-0.2, -0.15) is 5.10 Å². The highest BCUT2D eigenvalue weighted by Gasteiger charge is 2.24. The lowest BCUT2D eigenvalue weighted by Gasteiger charge is -2.26. The lowest BCUT2D eigenvalue weighted by molar-refractivity contribution is 0.0953. The number of amides is 1. The van der Waals surface area contributed by atoms with Crippen LogP contribution in [-0.4, -0.2) is 27.8 Å². The molecule has 2 N–H and O–H groups in total. The van der Waals surface area contributed by atoms with Crippen LogP contribution in [0.5, 0.6) is 5.75 Å². The number of carbonyl (C=O) groups is 1. The van der Waals surface area contributed by atoms with Gasteiger partial charge < -0.3 is 10.4 Å². The maximum absolute atomic E-state index is 12.1. The number of nitrogens with one attached hydrogen (secondary N) is 1. The van der Waals surface area contributed by atoms with E-state index in [1.165, 1.54) is 40.2 Å². The molecule has 2 aromatic carbocycles. The van der Waals surface area contributed by atoms with E-state index in [1.807, 2.05) is 12.1 Å². The number of rotatable bonds is 3. The number of aromatic hydroxyl groups is 1. The fourth-order valence-electron chi connectivity index (χ4n) is 4.11. The lowest BCUT2D eigenvalue weighted by Crippen LogP contribution is -2.30. The zero-order valence-corrected chi connectivity index (χ0v) is 16.3. The van der Waals surface area contributed by atoms with Crippen molar-refractivity contribution in [3.63, 3.8) is 0 Å². The number of aromatic nitrogens is 2. The molecule has 1 aliphatic rings. The Labute approximate surface area is 168 Å². The highest BCUT2D eigenvalue weighted by Crippen LogP contribution is 2.34. The van der Waals surface area contributed by atoms with Crippen molar-refractivity contribution in [2.75, 3.05) is 7.05 Å². The summed E-state index contributed by atoms with van der Waals surface area (Å²) >= 11 is 0. The minimum atomic E-state index is -0.765. The third kappa shape index (κ3) is 3.66. The first-order valence-corrected chi connectivity index (χ1v) is 9.77. The van der Waals surface area contributed by atoms with E-state index in [9.17, 15) is 14.7 Å². The molecule has 1 heterocycles. The Morgan fingerprint density at radius 3 is 2.28 bits per heavy atom. The average Bonchev–Trinajstić information content (AvgIpc) is 2.73. The van der Waals surface area contributed by atoms with Gasteiger partial charge in [0.2, 0.25) is 0 Å². The first-order chi connectivity index (χ1) is 14.1. The van der Waals surface area contributed by atoms with Gasteiger partial charge in [-0.1, -0.05) is 48.5 Å². The zero-order valence-electron chi connectivity index (χ0n) is 16.3. The number of hydrogen-bond acceptors (Lipinski definition) is 4. The van der Waals surface area contributed by atoms with E-state index in [0.29, 0.717) is 6.54 Å². The van der Waals surface area contributed by atoms with E-state index in [-0.39, 0.29) is 11.6 Å². The average molecular weight is 389 g/mol. The Morgan fingerprint density at radius 1 is 1.10 bits per heavy atom. The summed E-state index contributed by atoms with van der Waals surface area (Å²) in [5.74, 6) is -1.10. The predicted octanol–water partition coefficient (Wildman–Crippen LogP) is 2.63. The first-order valence-electron chi connectivity index (χ1n) is 9.77. The van der Waals surface area contributed by atoms with Crippen molar-refractivity contribution in [1.29, 1.82) is 0 Å². The standard InChI is InChI=1S/C23H23N3O3/c1-24-23(29)21-22(28)20(27)14-26(25-21)13-19-17-11-4-2-7-15(17)9-6-10-16-8-3-5-12-18(16)19/h2-5,7-8,11-12,14,19,27H,6,9-10,13H2,1H3,(H,24,29). The second-order valence-corrected chi connectivity index (χ2v) is 7.30. The fraction of sp³-hybridized carbons (Fsp3) is 0.261. The van der Waals surface area contributed by atoms with Crippen molar-refractivity contribution >= 4 is 5.91 Å². The third-order valence-electron chi connectivity index (χ3n) is 5.51. The second-order valence-electron chi connectivity index (χ2n) is 7.30. The predicted molar refractivity (Wildman–Crippen MR) is 110 cm³/mol. The molecule has 0 unspecified atom stereocenters. The third-order valence-corrected chi connectivity index (χ3v) is 5.51. The molecule has 0 fully saturated rings. The van der Waals surface area contributed by atoms with Gasteiger partial charge >= 0.3 is 0 Å². The number of aryl methyl sites for hydroxylation is 2. The zero-order chi connectivity index (χ0) is 20.4. The molecule has 0 radical (unpaired) electrons. The van der Waals surface area contributed by atoms with Crippen molar-refractivity contribution in [3.05, 3.63) is 92.9 Å². The van der Waals surface area contributed by atoms with Crippen LogP contribution in [0.1, 0.15) is 45.1 Å². The van der Waals surface area contributed by atoms with E-state index in [4.69, 9.17) is 0 Å². The molecule has 0 saturated heterocycles. The molecule has 0 atom stereocenters. The van der Waals surface area contributed by atoms with Crippen LogP contribution in [0.3, 0.4) is 0 Å². The largest absolute Gasteiger partial charge is 0.503 e. The van der Waals surface area contributed by atoms with Crippen LogP contribution in [0.15, 0.2) is 59.5 Å². The Bertz CT molecular complexity index is 1070. The highest BCUT2D eigenvalue weighted by atomic mass is 16.3.